The summed E-state index contributed by atoms with van der Waals surface area (Å²) in [7, 11) is 1.11. The minimum Gasteiger partial charge on any atom is -0.543 e. The summed E-state index contributed by atoms with van der Waals surface area (Å²) in [5, 5.41) is 9.84. The number of ether oxygens (including phenoxy) is 1. The normalized spacial score (nSPS) is 10.7. The van der Waals surface area contributed by atoms with Crippen molar-refractivity contribution in [3.8, 4) is 0 Å². The Morgan fingerprint density at radius 3 is 2.40 bits per heavy atom. The molecule has 0 aromatic rings. The van der Waals surface area contributed by atoms with Gasteiger partial charge >= 0.3 is 5.97 Å². The van der Waals surface area contributed by atoms with Crippen molar-refractivity contribution in [2.45, 2.75) is 0 Å². The first-order valence-electron chi connectivity index (χ1n) is 2.34. The van der Waals surface area contributed by atoms with E-state index in [0.29, 0.717) is 6.08 Å². The third-order valence-electron chi connectivity index (χ3n) is 0.710. The van der Waals surface area contributed by atoms with Crippen molar-refractivity contribution in [2.75, 3.05) is 7.11 Å². The molecule has 0 aliphatic heterocycles. The minimum atomic E-state index is -1.59. The lowest BCUT2D eigenvalue weighted by molar-refractivity contribution is -0.299. The Morgan fingerprint density at radius 1 is 1.60 bits per heavy atom. The molecule has 10 heavy (non-hydrogen) atoms. The lowest BCUT2D eigenvalue weighted by Crippen LogP contribution is -2.29. The molecule has 0 bridgehead atoms. The first-order valence-corrected chi connectivity index (χ1v) is 2.34. The number of aliphatic carboxylic acids is 1. The number of methoxy groups -OCH3 is 1. The standard InChI is InChI=1S/C5H7NO4/c1-10-4(7)2-3(6)5(8)9/h2H,6H2,1H3,(H,8,9)/p-1/b3-2-. The van der Waals surface area contributed by atoms with Crippen LogP contribution in [-0.4, -0.2) is 19.0 Å². The second-order valence-electron chi connectivity index (χ2n) is 1.41. The van der Waals surface area contributed by atoms with Crippen LogP contribution in [0.2, 0.25) is 0 Å². The van der Waals surface area contributed by atoms with Crippen molar-refractivity contribution in [3.05, 3.63) is 11.8 Å². The van der Waals surface area contributed by atoms with E-state index >= 15 is 0 Å². The van der Waals surface area contributed by atoms with Crippen molar-refractivity contribution < 1.29 is 19.4 Å². The van der Waals surface area contributed by atoms with Crippen LogP contribution in [0.4, 0.5) is 0 Å². The van der Waals surface area contributed by atoms with E-state index in [1.165, 1.54) is 0 Å². The highest BCUT2D eigenvalue weighted by molar-refractivity contribution is 5.93. The van der Waals surface area contributed by atoms with Crippen LogP contribution in [-0.2, 0) is 14.3 Å². The second-order valence-corrected chi connectivity index (χ2v) is 1.41. The molecule has 2 N–H and O–H groups in total. The molecule has 0 aromatic heterocycles. The van der Waals surface area contributed by atoms with Gasteiger partial charge in [-0.3, -0.25) is 0 Å². The predicted octanol–water partition coefficient (Wildman–Crippen LogP) is -2.25. The zero-order valence-corrected chi connectivity index (χ0v) is 5.29. The summed E-state index contributed by atoms with van der Waals surface area (Å²) in [6, 6.07) is 0. The maximum absolute atomic E-state index is 10.3. The summed E-state index contributed by atoms with van der Waals surface area (Å²) >= 11 is 0. The van der Waals surface area contributed by atoms with Gasteiger partial charge in [0.1, 0.15) is 0 Å². The van der Waals surface area contributed by atoms with Crippen LogP contribution in [0.25, 0.3) is 0 Å². The first kappa shape index (κ1) is 8.48. The number of carboxylic acid groups (broad SMARTS) is 1. The maximum atomic E-state index is 10.3. The van der Waals surface area contributed by atoms with E-state index in [9.17, 15) is 14.7 Å². The molecule has 0 heterocycles. The molecule has 0 saturated heterocycles. The molecule has 0 aromatic carbocycles. The average Bonchev–Trinajstić information content (AvgIpc) is 1.87. The van der Waals surface area contributed by atoms with Crippen LogP contribution in [0.3, 0.4) is 0 Å². The summed E-state index contributed by atoms with van der Waals surface area (Å²) in [6.07, 6.45) is 0.634. The third-order valence-corrected chi connectivity index (χ3v) is 0.710. The fourth-order valence-electron chi connectivity index (χ4n) is 0.245. The van der Waals surface area contributed by atoms with Crippen molar-refractivity contribution in [1.29, 1.82) is 0 Å². The Balaban J connectivity index is 4.16. The molecule has 0 aliphatic carbocycles. The molecule has 0 aliphatic rings. The van der Waals surface area contributed by atoms with Gasteiger partial charge in [0.2, 0.25) is 0 Å². The largest absolute Gasteiger partial charge is 0.543 e. The van der Waals surface area contributed by atoms with Crippen LogP contribution in [0.1, 0.15) is 0 Å². The lowest BCUT2D eigenvalue weighted by atomic mass is 10.4. The molecule has 0 amide bonds. The van der Waals surface area contributed by atoms with E-state index in [2.05, 4.69) is 4.74 Å². The van der Waals surface area contributed by atoms with Gasteiger partial charge in [0.05, 0.1) is 18.8 Å². The van der Waals surface area contributed by atoms with Crippen LogP contribution < -0.4 is 10.8 Å². The number of nitrogens with two attached hydrogens (primary N) is 1. The number of carbonyl (C=O) groups is 2. The molecule has 56 valence electrons. The fourth-order valence-corrected chi connectivity index (χ4v) is 0.245. The lowest BCUT2D eigenvalue weighted by Gasteiger charge is -1.99. The van der Waals surface area contributed by atoms with E-state index in [4.69, 9.17) is 5.73 Å². The van der Waals surface area contributed by atoms with Crippen LogP contribution in [0, 0.1) is 0 Å². The maximum Gasteiger partial charge on any atom is 0.332 e. The number of hydrogen-bond acceptors (Lipinski definition) is 5. The highest BCUT2D eigenvalue weighted by atomic mass is 16.5. The van der Waals surface area contributed by atoms with E-state index in [-0.39, 0.29) is 0 Å². The predicted molar refractivity (Wildman–Crippen MR) is 29.3 cm³/mol. The molecule has 0 rings (SSSR count). The van der Waals surface area contributed by atoms with Gasteiger partial charge in [0, 0.05) is 6.08 Å². The quantitative estimate of drug-likeness (QED) is 0.349. The zero-order chi connectivity index (χ0) is 8.15. The van der Waals surface area contributed by atoms with Gasteiger partial charge in [-0.2, -0.15) is 0 Å². The van der Waals surface area contributed by atoms with E-state index in [0.717, 1.165) is 7.11 Å². The number of rotatable bonds is 2. The summed E-state index contributed by atoms with van der Waals surface area (Å²) < 4.78 is 4.08. The molecule has 5 heteroatoms. The zero-order valence-electron chi connectivity index (χ0n) is 5.29. The molecule has 0 spiro atoms. The smallest absolute Gasteiger partial charge is 0.332 e. The molecule has 0 unspecified atom stereocenters. The van der Waals surface area contributed by atoms with Gasteiger partial charge in [-0.05, 0) is 0 Å². The Hall–Kier alpha value is -1.52. The van der Waals surface area contributed by atoms with Crippen LogP contribution >= 0.6 is 0 Å². The molecule has 0 radical (unpaired) electrons. The van der Waals surface area contributed by atoms with E-state index in [1.54, 1.807) is 0 Å². The Labute approximate surface area is 57.1 Å². The summed E-state index contributed by atoms with van der Waals surface area (Å²) in [4.78, 5) is 20.1. The summed E-state index contributed by atoms with van der Waals surface area (Å²) in [5.41, 5.74) is 4.14. The Kier molecular flexibility index (Phi) is 2.96. The van der Waals surface area contributed by atoms with Gasteiger partial charge < -0.3 is 20.4 Å². The topological polar surface area (TPSA) is 92.5 Å². The van der Waals surface area contributed by atoms with Gasteiger partial charge in [-0.15, -0.1) is 0 Å². The number of carboxylic acids is 1. The molecule has 0 atom stereocenters. The SMILES string of the molecule is COC(=O)/C=C(\N)C(=O)[O-]. The first-order chi connectivity index (χ1) is 4.57. The summed E-state index contributed by atoms with van der Waals surface area (Å²) in [5.74, 6) is -2.41. The monoisotopic (exact) mass is 144 g/mol. The van der Waals surface area contributed by atoms with Crippen LogP contribution in [0.15, 0.2) is 11.8 Å². The number of esters is 1. The summed E-state index contributed by atoms with van der Waals surface area (Å²) in [6.45, 7) is 0. The minimum absolute atomic E-state index is 0.634. The van der Waals surface area contributed by atoms with Crippen molar-refractivity contribution in [3.63, 3.8) is 0 Å². The third kappa shape index (κ3) is 2.71. The number of carbonyl (C=O) groups excluding carboxylic acids is 2. The molecule has 5 nitrogen and oxygen atoms in total. The number of hydrogen-bond donors (Lipinski definition) is 1. The van der Waals surface area contributed by atoms with Crippen molar-refractivity contribution in [2.24, 2.45) is 5.73 Å². The van der Waals surface area contributed by atoms with Crippen LogP contribution in [0.5, 0.6) is 0 Å². The van der Waals surface area contributed by atoms with Gasteiger partial charge in [0.15, 0.2) is 0 Å². The van der Waals surface area contributed by atoms with Crippen molar-refractivity contribution >= 4 is 11.9 Å². The molecular weight excluding hydrogens is 138 g/mol. The average molecular weight is 144 g/mol. The highest BCUT2D eigenvalue weighted by Gasteiger charge is 1.96. The van der Waals surface area contributed by atoms with Crippen molar-refractivity contribution in [1.82, 2.24) is 0 Å². The second kappa shape index (κ2) is 3.49. The molecule has 0 saturated carbocycles. The fraction of sp³-hybridized carbons (Fsp3) is 0.200. The van der Waals surface area contributed by atoms with Gasteiger partial charge in [-0.25, -0.2) is 4.79 Å². The van der Waals surface area contributed by atoms with E-state index in [1.807, 2.05) is 0 Å². The Bertz CT molecular complexity index is 184. The molecule has 0 fully saturated rings. The van der Waals surface area contributed by atoms with Gasteiger partial charge in [0.25, 0.3) is 0 Å². The highest BCUT2D eigenvalue weighted by Crippen LogP contribution is 1.82. The Morgan fingerprint density at radius 2 is 2.10 bits per heavy atom. The molecular formula is C5H6NO4-. The van der Waals surface area contributed by atoms with Gasteiger partial charge in [-0.1, -0.05) is 0 Å². The van der Waals surface area contributed by atoms with E-state index < -0.39 is 17.6 Å².